The second-order valence-electron chi connectivity index (χ2n) is 2.27. The number of methoxy groups -OCH3 is 2. The van der Waals surface area contributed by atoms with Crippen LogP contribution in [-0.4, -0.2) is 20.2 Å². The molecule has 0 atom stereocenters. The average molecular weight is 263 g/mol. The van der Waals surface area contributed by atoms with Crippen LogP contribution in [0.5, 0.6) is 5.75 Å². The van der Waals surface area contributed by atoms with E-state index in [0.29, 0.717) is 4.47 Å². The highest BCUT2D eigenvalue weighted by Crippen LogP contribution is 2.21. The van der Waals surface area contributed by atoms with Crippen LogP contribution in [0.15, 0.2) is 19.8 Å². The molecule has 0 aliphatic rings. The van der Waals surface area contributed by atoms with Gasteiger partial charge in [0, 0.05) is 6.07 Å². The molecule has 0 radical (unpaired) electrons. The minimum atomic E-state index is -0.734. The van der Waals surface area contributed by atoms with E-state index in [1.165, 1.54) is 20.3 Å². The summed E-state index contributed by atoms with van der Waals surface area (Å²) in [6.07, 6.45) is 0. The molecule has 0 aliphatic carbocycles. The Labute approximate surface area is 87.7 Å². The van der Waals surface area contributed by atoms with Crippen molar-refractivity contribution in [1.29, 1.82) is 0 Å². The molecule has 0 saturated carbocycles. The first-order chi connectivity index (χ1) is 6.60. The smallest absolute Gasteiger partial charge is 0.380 e. The van der Waals surface area contributed by atoms with Gasteiger partial charge in [0.25, 0.3) is 0 Å². The van der Waals surface area contributed by atoms with Crippen molar-refractivity contribution in [2.75, 3.05) is 14.2 Å². The van der Waals surface area contributed by atoms with Crippen LogP contribution in [0.4, 0.5) is 0 Å². The van der Waals surface area contributed by atoms with Crippen LogP contribution >= 0.6 is 15.9 Å². The molecule has 1 aromatic rings. The van der Waals surface area contributed by atoms with Gasteiger partial charge in [-0.25, -0.2) is 9.59 Å². The SMILES string of the molecule is COC(=O)c1cc(Br)c(OC)c(=O)o1. The van der Waals surface area contributed by atoms with Gasteiger partial charge < -0.3 is 13.9 Å². The van der Waals surface area contributed by atoms with Crippen LogP contribution in [0.25, 0.3) is 0 Å². The maximum atomic E-state index is 11.2. The van der Waals surface area contributed by atoms with Crippen LogP contribution in [0.2, 0.25) is 0 Å². The molecule has 0 N–H and O–H groups in total. The molecule has 1 rings (SSSR count). The van der Waals surface area contributed by atoms with E-state index in [0.717, 1.165) is 0 Å². The molecule has 0 unspecified atom stereocenters. The predicted molar refractivity (Wildman–Crippen MR) is 50.6 cm³/mol. The predicted octanol–water partition coefficient (Wildman–Crippen LogP) is 1.20. The summed E-state index contributed by atoms with van der Waals surface area (Å²) in [5, 5.41) is 0. The maximum absolute atomic E-state index is 11.2. The molecule has 6 heteroatoms. The van der Waals surface area contributed by atoms with Crippen molar-refractivity contribution in [1.82, 2.24) is 0 Å². The zero-order valence-electron chi connectivity index (χ0n) is 7.50. The lowest BCUT2D eigenvalue weighted by Gasteiger charge is -2.02. The summed E-state index contributed by atoms with van der Waals surface area (Å²) in [6, 6.07) is 1.31. The number of hydrogen-bond donors (Lipinski definition) is 0. The standard InChI is InChI=1S/C8H7BrO5/c1-12-6-4(9)3-5(7(10)13-2)14-8(6)11/h3H,1-2H3. The Morgan fingerprint density at radius 1 is 1.50 bits per heavy atom. The van der Waals surface area contributed by atoms with Crippen molar-refractivity contribution < 1.29 is 18.7 Å². The topological polar surface area (TPSA) is 65.7 Å². The Balaban J connectivity index is 3.28. The summed E-state index contributed by atoms with van der Waals surface area (Å²) < 4.78 is 14.1. The molecular weight excluding hydrogens is 256 g/mol. The van der Waals surface area contributed by atoms with Gasteiger partial charge in [-0.15, -0.1) is 0 Å². The number of ether oxygens (including phenoxy) is 2. The number of hydrogen-bond acceptors (Lipinski definition) is 5. The summed E-state index contributed by atoms with van der Waals surface area (Å²) in [5.41, 5.74) is -0.734. The van der Waals surface area contributed by atoms with Crippen LogP contribution in [0, 0.1) is 0 Å². The molecule has 0 aromatic carbocycles. The lowest BCUT2D eigenvalue weighted by atomic mass is 10.4. The van der Waals surface area contributed by atoms with Crippen molar-refractivity contribution >= 4 is 21.9 Å². The lowest BCUT2D eigenvalue weighted by molar-refractivity contribution is 0.0558. The van der Waals surface area contributed by atoms with Gasteiger partial charge >= 0.3 is 11.6 Å². The molecule has 0 fully saturated rings. The van der Waals surface area contributed by atoms with E-state index in [4.69, 9.17) is 4.74 Å². The number of rotatable bonds is 2. The molecule has 0 amide bonds. The number of esters is 1. The molecule has 76 valence electrons. The Kier molecular flexibility index (Phi) is 3.29. The third kappa shape index (κ3) is 1.95. The van der Waals surface area contributed by atoms with E-state index in [9.17, 15) is 9.59 Å². The summed E-state index contributed by atoms with van der Waals surface area (Å²) in [7, 11) is 2.52. The number of carbonyl (C=O) groups is 1. The minimum absolute atomic E-state index is 0.0117. The second-order valence-corrected chi connectivity index (χ2v) is 3.13. The van der Waals surface area contributed by atoms with E-state index in [1.807, 2.05) is 0 Å². The molecule has 14 heavy (non-hydrogen) atoms. The number of halogens is 1. The lowest BCUT2D eigenvalue weighted by Crippen LogP contribution is -2.10. The third-order valence-electron chi connectivity index (χ3n) is 1.45. The second kappa shape index (κ2) is 4.28. The largest absolute Gasteiger partial charge is 0.489 e. The normalized spacial score (nSPS) is 9.64. The van der Waals surface area contributed by atoms with Gasteiger partial charge in [0.1, 0.15) is 0 Å². The van der Waals surface area contributed by atoms with Crippen molar-refractivity contribution in [3.05, 3.63) is 26.7 Å². The first-order valence-corrected chi connectivity index (χ1v) is 4.35. The summed E-state index contributed by atoms with van der Waals surface area (Å²) in [6.45, 7) is 0. The molecule has 0 saturated heterocycles. The van der Waals surface area contributed by atoms with Gasteiger partial charge in [0.2, 0.25) is 11.5 Å². The van der Waals surface area contributed by atoms with Crippen LogP contribution in [0.1, 0.15) is 10.6 Å². The Hall–Kier alpha value is -1.30. The van der Waals surface area contributed by atoms with Crippen LogP contribution in [0.3, 0.4) is 0 Å². The van der Waals surface area contributed by atoms with Crippen molar-refractivity contribution in [2.24, 2.45) is 0 Å². The van der Waals surface area contributed by atoms with Gasteiger partial charge in [-0.1, -0.05) is 0 Å². The quantitative estimate of drug-likeness (QED) is 0.750. The maximum Gasteiger partial charge on any atom is 0.380 e. The highest BCUT2D eigenvalue weighted by atomic mass is 79.9. The van der Waals surface area contributed by atoms with E-state index in [1.54, 1.807) is 0 Å². The minimum Gasteiger partial charge on any atom is -0.489 e. The van der Waals surface area contributed by atoms with Gasteiger partial charge in [-0.05, 0) is 15.9 Å². The molecule has 0 spiro atoms. The fourth-order valence-corrected chi connectivity index (χ4v) is 1.37. The van der Waals surface area contributed by atoms with Crippen molar-refractivity contribution in [3.8, 4) is 5.75 Å². The molecule has 0 aliphatic heterocycles. The third-order valence-corrected chi connectivity index (χ3v) is 2.04. The highest BCUT2D eigenvalue weighted by Gasteiger charge is 2.15. The zero-order valence-corrected chi connectivity index (χ0v) is 9.08. The fourth-order valence-electron chi connectivity index (χ4n) is 0.836. The van der Waals surface area contributed by atoms with Crippen LogP contribution < -0.4 is 10.4 Å². The van der Waals surface area contributed by atoms with E-state index in [2.05, 4.69) is 25.1 Å². The summed E-state index contributed by atoms with van der Waals surface area (Å²) in [4.78, 5) is 22.2. The molecule has 1 heterocycles. The number of carbonyl (C=O) groups excluding carboxylic acids is 1. The molecular formula is C8H7BrO5. The van der Waals surface area contributed by atoms with Gasteiger partial charge in [-0.2, -0.15) is 0 Å². The first kappa shape index (κ1) is 10.8. The Bertz CT molecular complexity index is 409. The Morgan fingerprint density at radius 3 is 2.57 bits per heavy atom. The van der Waals surface area contributed by atoms with Crippen molar-refractivity contribution in [2.45, 2.75) is 0 Å². The van der Waals surface area contributed by atoms with Crippen molar-refractivity contribution in [3.63, 3.8) is 0 Å². The first-order valence-electron chi connectivity index (χ1n) is 3.56. The summed E-state index contributed by atoms with van der Waals surface area (Å²) in [5.74, 6) is -0.881. The monoisotopic (exact) mass is 262 g/mol. The van der Waals surface area contributed by atoms with Crippen LogP contribution in [-0.2, 0) is 4.74 Å². The zero-order chi connectivity index (χ0) is 10.7. The average Bonchev–Trinajstić information content (AvgIpc) is 2.16. The van der Waals surface area contributed by atoms with E-state index < -0.39 is 11.6 Å². The van der Waals surface area contributed by atoms with Gasteiger partial charge in [0.15, 0.2) is 0 Å². The van der Waals surface area contributed by atoms with E-state index in [-0.39, 0.29) is 11.5 Å². The van der Waals surface area contributed by atoms with Gasteiger partial charge in [-0.3, -0.25) is 0 Å². The van der Waals surface area contributed by atoms with Gasteiger partial charge in [0.05, 0.1) is 18.7 Å². The van der Waals surface area contributed by atoms with E-state index >= 15 is 0 Å². The molecule has 1 aromatic heterocycles. The molecule has 5 nitrogen and oxygen atoms in total. The Morgan fingerprint density at radius 2 is 2.14 bits per heavy atom. The summed E-state index contributed by atoms with van der Waals surface area (Å²) >= 11 is 3.06. The molecule has 0 bridgehead atoms. The fraction of sp³-hybridized carbons (Fsp3) is 0.250. The highest BCUT2D eigenvalue weighted by molar-refractivity contribution is 9.10.